The molecule has 1 atom stereocenters. The minimum absolute atomic E-state index is 0.176. The van der Waals surface area contributed by atoms with Gasteiger partial charge >= 0.3 is 0 Å². The molecular formula is C20H16N3O+. The molecule has 116 valence electrons. The molecule has 0 fully saturated rings. The monoisotopic (exact) mass is 314 g/mol. The maximum Gasteiger partial charge on any atom is 0.255 e. The van der Waals surface area contributed by atoms with Crippen molar-refractivity contribution in [2.75, 3.05) is 0 Å². The van der Waals surface area contributed by atoms with Gasteiger partial charge in [0.05, 0.1) is 11.3 Å². The molecule has 0 spiro atoms. The topological polar surface area (TPSA) is 62.9 Å². The Balaban J connectivity index is 2.06. The van der Waals surface area contributed by atoms with Crippen molar-refractivity contribution in [3.05, 3.63) is 83.4 Å². The Labute approximate surface area is 140 Å². The summed E-state index contributed by atoms with van der Waals surface area (Å²) in [6, 6.07) is 20.3. The third-order valence-corrected chi connectivity index (χ3v) is 4.46. The van der Waals surface area contributed by atoms with Crippen LogP contribution in [0.4, 0.5) is 0 Å². The fourth-order valence-electron chi connectivity index (χ4n) is 3.36. The van der Waals surface area contributed by atoms with Gasteiger partial charge in [0, 0.05) is 11.6 Å². The second-order valence-corrected chi connectivity index (χ2v) is 5.88. The summed E-state index contributed by atoms with van der Waals surface area (Å²) in [4.78, 5) is 0. The van der Waals surface area contributed by atoms with E-state index in [0.29, 0.717) is 5.57 Å². The molecule has 2 aromatic carbocycles. The van der Waals surface area contributed by atoms with E-state index in [4.69, 9.17) is 10.5 Å². The van der Waals surface area contributed by atoms with Gasteiger partial charge in [0.1, 0.15) is 18.7 Å². The minimum Gasteiger partial charge on any atom is -0.433 e. The highest BCUT2D eigenvalue weighted by Crippen LogP contribution is 2.44. The molecule has 0 bridgehead atoms. The van der Waals surface area contributed by atoms with E-state index in [1.165, 1.54) is 0 Å². The van der Waals surface area contributed by atoms with Gasteiger partial charge in [-0.2, -0.15) is 9.83 Å². The van der Waals surface area contributed by atoms with Crippen molar-refractivity contribution in [1.29, 1.82) is 5.26 Å². The fraction of sp³-hybridized carbons (Fsp3) is 0.100. The number of hydrogen-bond acceptors (Lipinski definition) is 3. The Morgan fingerprint density at radius 3 is 2.62 bits per heavy atom. The summed E-state index contributed by atoms with van der Waals surface area (Å²) < 4.78 is 7.91. The van der Waals surface area contributed by atoms with Gasteiger partial charge in [0.15, 0.2) is 6.20 Å². The van der Waals surface area contributed by atoms with Crippen LogP contribution in [0.1, 0.15) is 17.0 Å². The third kappa shape index (κ3) is 2.03. The molecule has 1 aliphatic rings. The van der Waals surface area contributed by atoms with Crippen molar-refractivity contribution in [3.8, 4) is 11.8 Å². The van der Waals surface area contributed by atoms with Gasteiger partial charge in [-0.05, 0) is 17.7 Å². The summed E-state index contributed by atoms with van der Waals surface area (Å²) in [5, 5.41) is 10.7. The van der Waals surface area contributed by atoms with E-state index >= 15 is 0 Å². The van der Waals surface area contributed by atoms with Crippen molar-refractivity contribution in [1.82, 2.24) is 0 Å². The van der Waals surface area contributed by atoms with Gasteiger partial charge in [-0.25, -0.2) is 0 Å². The molecule has 0 aliphatic carbocycles. The van der Waals surface area contributed by atoms with E-state index in [0.717, 1.165) is 27.8 Å². The number of hydrogen-bond donors (Lipinski definition) is 1. The van der Waals surface area contributed by atoms with Gasteiger partial charge < -0.3 is 10.5 Å². The first kappa shape index (κ1) is 14.3. The lowest BCUT2D eigenvalue weighted by atomic mass is 9.83. The van der Waals surface area contributed by atoms with Gasteiger partial charge in [0.25, 0.3) is 5.52 Å². The molecule has 0 saturated carbocycles. The first-order valence-electron chi connectivity index (χ1n) is 7.74. The van der Waals surface area contributed by atoms with E-state index in [9.17, 15) is 5.26 Å². The zero-order valence-electron chi connectivity index (χ0n) is 13.2. The Bertz CT molecular complexity index is 1020. The SMILES string of the molecule is C[n+]1cccc2ccc3c(c21)OC(N)=C(C#N)[C@@H]3c1ccccc1. The fourth-order valence-corrected chi connectivity index (χ4v) is 3.36. The van der Waals surface area contributed by atoms with E-state index in [1.54, 1.807) is 0 Å². The molecule has 0 unspecified atom stereocenters. The number of aryl methyl sites for hydroxylation is 1. The molecule has 24 heavy (non-hydrogen) atoms. The van der Waals surface area contributed by atoms with Crippen LogP contribution < -0.4 is 15.0 Å². The van der Waals surface area contributed by atoms with Crippen LogP contribution in [0, 0.1) is 11.3 Å². The molecule has 0 saturated heterocycles. The predicted molar refractivity (Wildman–Crippen MR) is 90.9 cm³/mol. The average molecular weight is 314 g/mol. The average Bonchev–Trinajstić information content (AvgIpc) is 2.61. The molecule has 4 heteroatoms. The lowest BCUT2D eigenvalue weighted by molar-refractivity contribution is -0.645. The highest BCUT2D eigenvalue weighted by molar-refractivity contribution is 5.84. The standard InChI is InChI=1S/C20H16N3O/c1-23-11-5-8-14-9-10-15-17(13-6-3-2-4-7-13)16(12-21)20(22)24-19(15)18(14)23/h2-11,17H,22H2,1H3/q+1/t17-/m1/s1. The lowest BCUT2D eigenvalue weighted by Crippen LogP contribution is -2.30. The Morgan fingerprint density at radius 1 is 1.08 bits per heavy atom. The van der Waals surface area contributed by atoms with Crippen LogP contribution in [-0.4, -0.2) is 0 Å². The molecule has 0 radical (unpaired) electrons. The number of aromatic nitrogens is 1. The van der Waals surface area contributed by atoms with Crippen molar-refractivity contribution < 1.29 is 9.30 Å². The van der Waals surface area contributed by atoms with E-state index in [-0.39, 0.29) is 11.8 Å². The number of rotatable bonds is 1. The maximum atomic E-state index is 9.61. The highest BCUT2D eigenvalue weighted by atomic mass is 16.5. The Kier molecular flexibility index (Phi) is 3.21. The van der Waals surface area contributed by atoms with Crippen LogP contribution >= 0.6 is 0 Å². The van der Waals surface area contributed by atoms with Crippen LogP contribution in [0.3, 0.4) is 0 Å². The van der Waals surface area contributed by atoms with E-state index in [1.807, 2.05) is 66.3 Å². The van der Waals surface area contributed by atoms with Crippen LogP contribution in [0.25, 0.3) is 10.9 Å². The van der Waals surface area contributed by atoms with E-state index < -0.39 is 0 Å². The number of nitrogens with two attached hydrogens (primary N) is 1. The molecule has 0 amide bonds. The normalized spacial score (nSPS) is 16.4. The summed E-state index contributed by atoms with van der Waals surface area (Å²) in [6.45, 7) is 0. The summed E-state index contributed by atoms with van der Waals surface area (Å²) in [5.74, 6) is 0.681. The molecule has 4 rings (SSSR count). The quantitative estimate of drug-likeness (QED) is 0.703. The number of pyridine rings is 1. The number of nitriles is 1. The second kappa shape index (κ2) is 5.39. The van der Waals surface area contributed by atoms with Gasteiger partial charge in [-0.1, -0.05) is 36.4 Å². The smallest absolute Gasteiger partial charge is 0.255 e. The van der Waals surface area contributed by atoms with Crippen LogP contribution in [0.2, 0.25) is 0 Å². The number of fused-ring (bicyclic) bond motifs is 3. The maximum absolute atomic E-state index is 9.61. The summed E-state index contributed by atoms with van der Waals surface area (Å²) in [6.07, 6.45) is 1.98. The number of ether oxygens (including phenoxy) is 1. The van der Waals surface area contributed by atoms with Crippen molar-refractivity contribution in [2.24, 2.45) is 12.8 Å². The zero-order valence-corrected chi connectivity index (χ0v) is 13.2. The molecule has 3 aromatic rings. The van der Waals surface area contributed by atoms with Gasteiger partial charge in [0.2, 0.25) is 11.6 Å². The predicted octanol–water partition coefficient (Wildman–Crippen LogP) is 2.88. The van der Waals surface area contributed by atoms with Crippen LogP contribution in [-0.2, 0) is 7.05 Å². The molecular weight excluding hydrogens is 298 g/mol. The summed E-state index contributed by atoms with van der Waals surface area (Å²) >= 11 is 0. The van der Waals surface area contributed by atoms with Crippen molar-refractivity contribution in [3.63, 3.8) is 0 Å². The summed E-state index contributed by atoms with van der Waals surface area (Å²) in [5.41, 5.74) is 9.50. The third-order valence-electron chi connectivity index (χ3n) is 4.46. The van der Waals surface area contributed by atoms with E-state index in [2.05, 4.69) is 12.1 Å². The first-order valence-corrected chi connectivity index (χ1v) is 7.74. The molecule has 1 aliphatic heterocycles. The van der Waals surface area contributed by atoms with Crippen LogP contribution in [0.5, 0.6) is 5.75 Å². The second-order valence-electron chi connectivity index (χ2n) is 5.88. The largest absolute Gasteiger partial charge is 0.433 e. The molecule has 1 aromatic heterocycles. The van der Waals surface area contributed by atoms with Gasteiger partial charge in [-0.15, -0.1) is 0 Å². The zero-order chi connectivity index (χ0) is 16.7. The number of allylic oxidation sites excluding steroid dienone is 1. The highest BCUT2D eigenvalue weighted by Gasteiger charge is 2.33. The van der Waals surface area contributed by atoms with Crippen molar-refractivity contribution >= 4 is 10.9 Å². The molecule has 2 heterocycles. The number of benzene rings is 2. The number of nitrogens with zero attached hydrogens (tertiary/aromatic N) is 2. The molecule has 4 nitrogen and oxygen atoms in total. The molecule has 2 N–H and O–H groups in total. The van der Waals surface area contributed by atoms with Crippen LogP contribution in [0.15, 0.2) is 72.3 Å². The Hall–Kier alpha value is -3.32. The van der Waals surface area contributed by atoms with Gasteiger partial charge in [-0.3, -0.25) is 0 Å². The summed E-state index contributed by atoms with van der Waals surface area (Å²) in [7, 11) is 1.98. The lowest BCUT2D eigenvalue weighted by Gasteiger charge is -2.26. The minimum atomic E-state index is -0.218. The van der Waals surface area contributed by atoms with Crippen molar-refractivity contribution in [2.45, 2.75) is 5.92 Å². The Morgan fingerprint density at radius 2 is 1.88 bits per heavy atom. The first-order chi connectivity index (χ1) is 11.7.